The zero-order valence-corrected chi connectivity index (χ0v) is 8.52. The quantitative estimate of drug-likeness (QED) is 0.602. The zero-order chi connectivity index (χ0) is 10.7. The van der Waals surface area contributed by atoms with Crippen LogP contribution in [0.5, 0.6) is 0 Å². The van der Waals surface area contributed by atoms with Crippen molar-refractivity contribution in [1.29, 1.82) is 0 Å². The van der Waals surface area contributed by atoms with E-state index in [0.29, 0.717) is 0 Å². The lowest BCUT2D eigenvalue weighted by Gasteiger charge is -2.19. The maximum absolute atomic E-state index is 9.35. The number of benzene rings is 1. The van der Waals surface area contributed by atoms with Crippen LogP contribution in [0.1, 0.15) is 17.5 Å². The Hall–Kier alpha value is -1.54. The van der Waals surface area contributed by atoms with Crippen LogP contribution >= 0.6 is 0 Å². The topological polar surface area (TPSA) is 29.5 Å². The summed E-state index contributed by atoms with van der Waals surface area (Å²) in [7, 11) is 0. The van der Waals surface area contributed by atoms with E-state index in [1.165, 1.54) is 11.6 Å². The van der Waals surface area contributed by atoms with Gasteiger partial charge >= 0.3 is 0 Å². The average molecular weight is 202 g/mol. The van der Waals surface area contributed by atoms with Crippen LogP contribution in [0.4, 0.5) is 0 Å². The molecule has 0 fully saturated rings. The molecule has 0 aliphatic heterocycles. The Kier molecular flexibility index (Phi) is 2.88. The van der Waals surface area contributed by atoms with Gasteiger partial charge < -0.3 is 9.84 Å². The first kappa shape index (κ1) is 9.99. The molecule has 1 atom stereocenters. The van der Waals surface area contributed by atoms with Crippen LogP contribution in [0.3, 0.4) is 0 Å². The van der Waals surface area contributed by atoms with E-state index in [1.54, 1.807) is 0 Å². The molecule has 1 aliphatic carbocycles. The van der Waals surface area contributed by atoms with E-state index >= 15 is 0 Å². The third kappa shape index (κ3) is 2.10. The molecule has 0 heterocycles. The molecular weight excluding hydrogens is 188 g/mol. The van der Waals surface area contributed by atoms with Gasteiger partial charge in [0.2, 0.25) is 6.29 Å². The number of fused-ring (bicyclic) bond motifs is 1. The Balaban J connectivity index is 2.26. The summed E-state index contributed by atoms with van der Waals surface area (Å²) in [5.41, 5.74) is 2.34. The SMILES string of the molecule is C=C[C@@H](O)OC1=CCCc2ccccc21. The maximum atomic E-state index is 9.35. The molecule has 1 aromatic rings. The molecule has 15 heavy (non-hydrogen) atoms. The first-order valence-corrected chi connectivity index (χ1v) is 5.07. The minimum absolute atomic E-state index is 0.754. The average Bonchev–Trinajstić information content (AvgIpc) is 2.29. The van der Waals surface area contributed by atoms with Crippen LogP contribution in [0.25, 0.3) is 5.76 Å². The first-order valence-electron chi connectivity index (χ1n) is 5.07. The van der Waals surface area contributed by atoms with Crippen LogP contribution in [-0.4, -0.2) is 11.4 Å². The number of aryl methyl sites for hydroxylation is 1. The van der Waals surface area contributed by atoms with Crippen LogP contribution in [-0.2, 0) is 11.2 Å². The number of aliphatic hydroxyl groups excluding tert-OH is 1. The van der Waals surface area contributed by atoms with Crippen molar-refractivity contribution < 1.29 is 9.84 Å². The molecule has 0 spiro atoms. The van der Waals surface area contributed by atoms with Gasteiger partial charge in [-0.25, -0.2) is 0 Å². The van der Waals surface area contributed by atoms with Crippen molar-refractivity contribution in [2.75, 3.05) is 0 Å². The molecule has 0 bridgehead atoms. The molecule has 1 aromatic carbocycles. The van der Waals surface area contributed by atoms with E-state index in [0.717, 1.165) is 24.2 Å². The number of hydrogen-bond acceptors (Lipinski definition) is 2. The van der Waals surface area contributed by atoms with Gasteiger partial charge in [0.15, 0.2) is 0 Å². The van der Waals surface area contributed by atoms with Crippen molar-refractivity contribution in [3.8, 4) is 0 Å². The largest absolute Gasteiger partial charge is 0.461 e. The Morgan fingerprint density at radius 1 is 1.40 bits per heavy atom. The molecular formula is C13H14O2. The molecule has 0 saturated heterocycles. The Bertz CT molecular complexity index is 393. The number of hydrogen-bond donors (Lipinski definition) is 1. The van der Waals surface area contributed by atoms with Gasteiger partial charge in [-0.2, -0.15) is 0 Å². The lowest BCUT2D eigenvalue weighted by molar-refractivity contribution is 0.00203. The van der Waals surface area contributed by atoms with E-state index in [4.69, 9.17) is 4.74 Å². The van der Waals surface area contributed by atoms with Crippen LogP contribution < -0.4 is 0 Å². The Morgan fingerprint density at radius 2 is 2.20 bits per heavy atom. The van der Waals surface area contributed by atoms with Gasteiger partial charge in [-0.05, 0) is 30.6 Å². The summed E-state index contributed by atoms with van der Waals surface area (Å²) in [4.78, 5) is 0. The Morgan fingerprint density at radius 3 is 3.00 bits per heavy atom. The summed E-state index contributed by atoms with van der Waals surface area (Å²) in [6.45, 7) is 3.48. The van der Waals surface area contributed by atoms with Crippen molar-refractivity contribution in [2.45, 2.75) is 19.1 Å². The van der Waals surface area contributed by atoms with Crippen molar-refractivity contribution in [2.24, 2.45) is 0 Å². The highest BCUT2D eigenvalue weighted by molar-refractivity contribution is 5.65. The third-order valence-electron chi connectivity index (χ3n) is 2.48. The van der Waals surface area contributed by atoms with Crippen molar-refractivity contribution in [3.05, 3.63) is 54.1 Å². The highest BCUT2D eigenvalue weighted by Gasteiger charge is 2.14. The van der Waals surface area contributed by atoms with Gasteiger partial charge in [0.1, 0.15) is 5.76 Å². The number of ether oxygens (including phenoxy) is 1. The highest BCUT2D eigenvalue weighted by Crippen LogP contribution is 2.27. The molecule has 0 amide bonds. The fraction of sp³-hybridized carbons (Fsp3) is 0.231. The van der Waals surface area contributed by atoms with E-state index in [1.807, 2.05) is 24.3 Å². The second-order valence-electron chi connectivity index (χ2n) is 3.51. The van der Waals surface area contributed by atoms with Gasteiger partial charge in [0.25, 0.3) is 0 Å². The summed E-state index contributed by atoms with van der Waals surface area (Å²) in [6, 6.07) is 8.09. The van der Waals surface area contributed by atoms with Crippen LogP contribution in [0.15, 0.2) is 43.0 Å². The fourth-order valence-corrected chi connectivity index (χ4v) is 1.74. The molecule has 0 aromatic heterocycles. The van der Waals surface area contributed by atoms with Gasteiger partial charge in [0.05, 0.1) is 0 Å². The molecule has 0 unspecified atom stereocenters. The zero-order valence-electron chi connectivity index (χ0n) is 8.52. The smallest absolute Gasteiger partial charge is 0.217 e. The number of rotatable bonds is 3. The van der Waals surface area contributed by atoms with Crippen molar-refractivity contribution in [1.82, 2.24) is 0 Å². The van der Waals surface area contributed by atoms with Gasteiger partial charge in [0, 0.05) is 5.56 Å². The summed E-state index contributed by atoms with van der Waals surface area (Å²) in [5, 5.41) is 9.35. The predicted octanol–water partition coefficient (Wildman–Crippen LogP) is 2.49. The lowest BCUT2D eigenvalue weighted by Crippen LogP contribution is -2.10. The maximum Gasteiger partial charge on any atom is 0.217 e. The van der Waals surface area contributed by atoms with E-state index in [2.05, 4.69) is 12.6 Å². The highest BCUT2D eigenvalue weighted by atomic mass is 16.6. The normalized spacial score (nSPS) is 16.2. The summed E-state index contributed by atoms with van der Waals surface area (Å²) < 4.78 is 5.37. The number of aliphatic hydroxyl groups is 1. The summed E-state index contributed by atoms with van der Waals surface area (Å²) in [5.74, 6) is 0.754. The van der Waals surface area contributed by atoms with Crippen molar-refractivity contribution >= 4 is 5.76 Å². The van der Waals surface area contributed by atoms with E-state index < -0.39 is 6.29 Å². The van der Waals surface area contributed by atoms with Gasteiger partial charge in [-0.15, -0.1) is 0 Å². The minimum atomic E-state index is -0.928. The second kappa shape index (κ2) is 4.32. The molecule has 78 valence electrons. The second-order valence-corrected chi connectivity index (χ2v) is 3.51. The van der Waals surface area contributed by atoms with Gasteiger partial charge in [-0.1, -0.05) is 30.8 Å². The number of allylic oxidation sites excluding steroid dienone is 1. The van der Waals surface area contributed by atoms with Gasteiger partial charge in [-0.3, -0.25) is 0 Å². The molecule has 1 aliphatic rings. The molecule has 0 saturated carbocycles. The fourth-order valence-electron chi connectivity index (χ4n) is 1.74. The van der Waals surface area contributed by atoms with Crippen LogP contribution in [0, 0.1) is 0 Å². The molecule has 2 nitrogen and oxygen atoms in total. The van der Waals surface area contributed by atoms with E-state index in [9.17, 15) is 5.11 Å². The van der Waals surface area contributed by atoms with E-state index in [-0.39, 0.29) is 0 Å². The minimum Gasteiger partial charge on any atom is -0.461 e. The first-order chi connectivity index (χ1) is 7.31. The standard InChI is InChI=1S/C13H14O2/c1-2-13(14)15-12-9-5-7-10-6-3-4-8-11(10)12/h2-4,6,8-9,13-14H,1,5,7H2/t13-/m0/s1. The Labute approximate surface area is 89.5 Å². The third-order valence-corrected chi connectivity index (χ3v) is 2.48. The van der Waals surface area contributed by atoms with Crippen molar-refractivity contribution in [3.63, 3.8) is 0 Å². The summed E-state index contributed by atoms with van der Waals surface area (Å²) >= 11 is 0. The summed E-state index contributed by atoms with van der Waals surface area (Å²) in [6.07, 6.45) is 4.44. The molecule has 2 rings (SSSR count). The van der Waals surface area contributed by atoms with Crippen LogP contribution in [0.2, 0.25) is 0 Å². The molecule has 1 N–H and O–H groups in total. The monoisotopic (exact) mass is 202 g/mol. The molecule has 2 heteroatoms. The molecule has 0 radical (unpaired) electrons. The lowest BCUT2D eigenvalue weighted by atomic mass is 9.96. The predicted molar refractivity (Wildman–Crippen MR) is 60.0 cm³/mol.